The Labute approximate surface area is 130 Å². The highest BCUT2D eigenvalue weighted by Crippen LogP contribution is 2.31. The maximum atomic E-state index is 5.94. The van der Waals surface area contributed by atoms with E-state index >= 15 is 0 Å². The highest BCUT2D eigenvalue weighted by atomic mass is 16.5. The average molecular weight is 289 g/mol. The molecule has 0 saturated heterocycles. The summed E-state index contributed by atoms with van der Waals surface area (Å²) in [4.78, 5) is 0. The molecule has 0 heterocycles. The lowest BCUT2D eigenvalue weighted by atomic mass is 9.78. The van der Waals surface area contributed by atoms with Crippen LogP contribution in [0.4, 0.5) is 0 Å². The fourth-order valence-corrected chi connectivity index (χ4v) is 3.62. The van der Waals surface area contributed by atoms with Gasteiger partial charge in [-0.05, 0) is 62.3 Å². The third-order valence-corrected chi connectivity index (χ3v) is 4.70. The van der Waals surface area contributed by atoms with Gasteiger partial charge in [0.25, 0.3) is 0 Å². The molecule has 2 heteroatoms. The van der Waals surface area contributed by atoms with Crippen LogP contribution in [0.1, 0.15) is 51.5 Å². The number of rotatable bonds is 7. The van der Waals surface area contributed by atoms with Crippen molar-refractivity contribution in [3.63, 3.8) is 0 Å². The van der Waals surface area contributed by atoms with Crippen LogP contribution in [-0.4, -0.2) is 19.2 Å². The summed E-state index contributed by atoms with van der Waals surface area (Å²) in [6.45, 7) is 8.59. The summed E-state index contributed by atoms with van der Waals surface area (Å²) in [5.41, 5.74) is 1.26. The van der Waals surface area contributed by atoms with Crippen molar-refractivity contribution in [2.75, 3.05) is 13.2 Å². The van der Waals surface area contributed by atoms with Gasteiger partial charge in [-0.3, -0.25) is 0 Å². The Bertz CT molecular complexity index is 418. The highest BCUT2D eigenvalue weighted by molar-refractivity contribution is 5.27. The first-order valence-electron chi connectivity index (χ1n) is 8.62. The quantitative estimate of drug-likeness (QED) is 0.794. The predicted octanol–water partition coefficient (Wildman–Crippen LogP) is 4.57. The zero-order chi connectivity index (χ0) is 15.1. The summed E-state index contributed by atoms with van der Waals surface area (Å²) >= 11 is 0. The Morgan fingerprint density at radius 2 is 2.19 bits per heavy atom. The van der Waals surface area contributed by atoms with Crippen molar-refractivity contribution < 1.29 is 4.74 Å². The van der Waals surface area contributed by atoms with Crippen molar-refractivity contribution in [3.05, 3.63) is 29.8 Å². The summed E-state index contributed by atoms with van der Waals surface area (Å²) in [5.74, 6) is 2.72. The molecule has 1 aliphatic carbocycles. The molecule has 118 valence electrons. The number of hydrogen-bond acceptors (Lipinski definition) is 2. The van der Waals surface area contributed by atoms with E-state index in [1.165, 1.54) is 31.2 Å². The van der Waals surface area contributed by atoms with Gasteiger partial charge in [-0.15, -0.1) is 0 Å². The van der Waals surface area contributed by atoms with Crippen molar-refractivity contribution in [1.82, 2.24) is 5.32 Å². The van der Waals surface area contributed by atoms with E-state index in [-0.39, 0.29) is 0 Å². The van der Waals surface area contributed by atoms with Gasteiger partial charge in [-0.2, -0.15) is 0 Å². The van der Waals surface area contributed by atoms with Gasteiger partial charge in [-0.25, -0.2) is 0 Å². The molecule has 0 aliphatic heterocycles. The summed E-state index contributed by atoms with van der Waals surface area (Å²) in [5, 5.41) is 3.69. The number of ether oxygens (including phenoxy) is 1. The molecule has 21 heavy (non-hydrogen) atoms. The van der Waals surface area contributed by atoms with E-state index in [1.54, 1.807) is 0 Å². The summed E-state index contributed by atoms with van der Waals surface area (Å²) < 4.78 is 5.94. The molecule has 3 atom stereocenters. The van der Waals surface area contributed by atoms with Gasteiger partial charge in [0.15, 0.2) is 0 Å². The van der Waals surface area contributed by atoms with E-state index in [0.29, 0.717) is 6.04 Å². The fraction of sp³-hybridized carbons (Fsp3) is 0.684. The molecule has 1 aliphatic rings. The molecular formula is C19H31NO. The molecule has 0 bridgehead atoms. The van der Waals surface area contributed by atoms with E-state index in [9.17, 15) is 0 Å². The molecular weight excluding hydrogens is 258 g/mol. The second kappa shape index (κ2) is 8.43. The Morgan fingerprint density at radius 1 is 1.33 bits per heavy atom. The predicted molar refractivity (Wildman–Crippen MR) is 89.9 cm³/mol. The number of hydrogen-bond donors (Lipinski definition) is 1. The first-order chi connectivity index (χ1) is 10.2. The SMILES string of the molecule is CCNC(CCOc1cccc(C)c1)C1CCCC(C)C1. The second-order valence-electron chi connectivity index (χ2n) is 6.65. The first-order valence-corrected chi connectivity index (χ1v) is 8.62. The molecule has 2 nitrogen and oxygen atoms in total. The summed E-state index contributed by atoms with van der Waals surface area (Å²) in [7, 11) is 0. The summed E-state index contributed by atoms with van der Waals surface area (Å²) in [6.07, 6.45) is 6.68. The van der Waals surface area contributed by atoms with E-state index in [2.05, 4.69) is 50.4 Å². The van der Waals surface area contributed by atoms with Crippen LogP contribution in [0.3, 0.4) is 0 Å². The standard InChI is InChI=1S/C19H31NO/c1-4-20-19(17-9-5-7-15(2)13-17)11-12-21-18-10-6-8-16(3)14-18/h6,8,10,14-15,17,19-20H,4-5,7,9,11-13H2,1-3H3. The largest absolute Gasteiger partial charge is 0.494 e. The fourth-order valence-electron chi connectivity index (χ4n) is 3.62. The van der Waals surface area contributed by atoms with Crippen molar-refractivity contribution in [2.45, 2.75) is 58.9 Å². The Kier molecular flexibility index (Phi) is 6.56. The summed E-state index contributed by atoms with van der Waals surface area (Å²) in [6, 6.07) is 8.96. The van der Waals surface area contributed by atoms with Gasteiger partial charge in [0.1, 0.15) is 5.75 Å². The molecule has 0 aromatic heterocycles. The zero-order valence-electron chi connectivity index (χ0n) is 13.9. The molecule has 1 aromatic rings. The maximum absolute atomic E-state index is 5.94. The third-order valence-electron chi connectivity index (χ3n) is 4.70. The third kappa shape index (κ3) is 5.35. The Balaban J connectivity index is 1.82. The normalized spacial score (nSPS) is 23.8. The molecule has 0 spiro atoms. The van der Waals surface area contributed by atoms with Gasteiger partial charge in [-0.1, -0.05) is 38.8 Å². The molecule has 2 rings (SSSR count). The lowest BCUT2D eigenvalue weighted by Gasteiger charge is -2.33. The minimum Gasteiger partial charge on any atom is -0.494 e. The number of nitrogens with one attached hydrogen (secondary N) is 1. The number of benzene rings is 1. The van der Waals surface area contributed by atoms with Crippen LogP contribution in [0, 0.1) is 18.8 Å². The van der Waals surface area contributed by atoms with E-state index in [1.807, 2.05) is 0 Å². The lowest BCUT2D eigenvalue weighted by Crippen LogP contribution is -2.39. The average Bonchev–Trinajstić information content (AvgIpc) is 2.46. The second-order valence-corrected chi connectivity index (χ2v) is 6.65. The molecule has 1 aromatic carbocycles. The van der Waals surface area contributed by atoms with Crippen LogP contribution >= 0.6 is 0 Å². The van der Waals surface area contributed by atoms with Gasteiger partial charge in [0.05, 0.1) is 6.61 Å². The first kappa shape index (κ1) is 16.4. The van der Waals surface area contributed by atoms with Crippen LogP contribution in [-0.2, 0) is 0 Å². The van der Waals surface area contributed by atoms with Crippen LogP contribution in [0.5, 0.6) is 5.75 Å². The van der Waals surface area contributed by atoms with Gasteiger partial charge >= 0.3 is 0 Å². The van der Waals surface area contributed by atoms with Crippen molar-refractivity contribution in [3.8, 4) is 5.75 Å². The molecule has 1 N–H and O–H groups in total. The van der Waals surface area contributed by atoms with Crippen molar-refractivity contribution >= 4 is 0 Å². The van der Waals surface area contributed by atoms with E-state index in [0.717, 1.165) is 37.2 Å². The zero-order valence-corrected chi connectivity index (χ0v) is 13.9. The van der Waals surface area contributed by atoms with Gasteiger partial charge < -0.3 is 10.1 Å². The highest BCUT2D eigenvalue weighted by Gasteiger charge is 2.25. The number of aryl methyl sites for hydroxylation is 1. The van der Waals surface area contributed by atoms with Gasteiger partial charge in [0, 0.05) is 6.04 Å². The van der Waals surface area contributed by atoms with Crippen molar-refractivity contribution in [1.29, 1.82) is 0 Å². The van der Waals surface area contributed by atoms with Crippen LogP contribution < -0.4 is 10.1 Å². The van der Waals surface area contributed by atoms with E-state index in [4.69, 9.17) is 4.74 Å². The molecule has 3 unspecified atom stereocenters. The van der Waals surface area contributed by atoms with Gasteiger partial charge in [0.2, 0.25) is 0 Å². The van der Waals surface area contributed by atoms with Crippen molar-refractivity contribution in [2.24, 2.45) is 11.8 Å². The maximum Gasteiger partial charge on any atom is 0.119 e. The minimum atomic E-state index is 0.613. The monoisotopic (exact) mass is 289 g/mol. The minimum absolute atomic E-state index is 0.613. The Hall–Kier alpha value is -1.02. The molecule has 0 amide bonds. The van der Waals surface area contributed by atoms with Crippen LogP contribution in [0.2, 0.25) is 0 Å². The van der Waals surface area contributed by atoms with Crippen LogP contribution in [0.25, 0.3) is 0 Å². The smallest absolute Gasteiger partial charge is 0.119 e. The molecule has 0 radical (unpaired) electrons. The molecule has 1 saturated carbocycles. The topological polar surface area (TPSA) is 21.3 Å². The van der Waals surface area contributed by atoms with Crippen LogP contribution in [0.15, 0.2) is 24.3 Å². The molecule has 1 fully saturated rings. The van der Waals surface area contributed by atoms with E-state index < -0.39 is 0 Å². The lowest BCUT2D eigenvalue weighted by molar-refractivity contribution is 0.192. The Morgan fingerprint density at radius 3 is 2.90 bits per heavy atom.